The summed E-state index contributed by atoms with van der Waals surface area (Å²) >= 11 is 4.87. The highest BCUT2D eigenvalue weighted by Gasteiger charge is 2.33. The number of carbonyl (C=O) groups is 2. The van der Waals surface area contributed by atoms with Crippen molar-refractivity contribution in [3.8, 4) is 5.75 Å². The van der Waals surface area contributed by atoms with E-state index in [0.717, 1.165) is 39.1 Å². The van der Waals surface area contributed by atoms with Gasteiger partial charge in [-0.25, -0.2) is 4.98 Å². The van der Waals surface area contributed by atoms with Gasteiger partial charge >= 0.3 is 0 Å². The van der Waals surface area contributed by atoms with Gasteiger partial charge in [-0.2, -0.15) is 0 Å². The maximum atomic E-state index is 12.9. The van der Waals surface area contributed by atoms with Crippen LogP contribution in [0.4, 0.5) is 10.8 Å². The Morgan fingerprint density at radius 1 is 1.17 bits per heavy atom. The molecule has 1 heterocycles. The first kappa shape index (κ1) is 20.6. The predicted octanol–water partition coefficient (Wildman–Crippen LogP) is 5.14. The molecule has 2 amide bonds. The lowest BCUT2D eigenvalue weighted by Gasteiger charge is -2.13. The Kier molecular flexibility index (Phi) is 5.87. The molecule has 0 bridgehead atoms. The fourth-order valence-corrected chi connectivity index (χ4v) is 4.94. The zero-order chi connectivity index (χ0) is 21.3. The van der Waals surface area contributed by atoms with Crippen LogP contribution in [0.5, 0.6) is 5.75 Å². The molecular weight excluding hydrogens is 466 g/mol. The molecule has 8 heteroatoms. The summed E-state index contributed by atoms with van der Waals surface area (Å²) in [7, 11) is 1.58. The van der Waals surface area contributed by atoms with E-state index in [9.17, 15) is 9.59 Å². The summed E-state index contributed by atoms with van der Waals surface area (Å²) < 4.78 is 6.09. The zero-order valence-electron chi connectivity index (χ0n) is 16.5. The summed E-state index contributed by atoms with van der Waals surface area (Å²) in [5.74, 6) is 0.0645. The van der Waals surface area contributed by atoms with Gasteiger partial charge in [0.2, 0.25) is 5.91 Å². The van der Waals surface area contributed by atoms with Crippen molar-refractivity contribution in [2.45, 2.75) is 25.7 Å². The Morgan fingerprint density at radius 3 is 2.63 bits per heavy atom. The van der Waals surface area contributed by atoms with E-state index >= 15 is 0 Å². The molecule has 0 saturated heterocycles. The molecule has 1 unspecified atom stereocenters. The number of aryl methyl sites for hydroxylation is 2. The molecule has 154 valence electrons. The van der Waals surface area contributed by atoms with Gasteiger partial charge in [0.05, 0.1) is 18.7 Å². The van der Waals surface area contributed by atoms with Crippen molar-refractivity contribution in [1.29, 1.82) is 0 Å². The number of aromatic nitrogens is 1. The highest BCUT2D eigenvalue weighted by Crippen LogP contribution is 2.39. The first-order valence-corrected chi connectivity index (χ1v) is 11.1. The summed E-state index contributed by atoms with van der Waals surface area (Å²) in [6.07, 6.45) is 1.51. The van der Waals surface area contributed by atoms with E-state index < -0.39 is 0 Å². The molecule has 1 aliphatic carbocycles. The van der Waals surface area contributed by atoms with E-state index in [4.69, 9.17) is 4.74 Å². The number of anilines is 2. The molecule has 0 aliphatic heterocycles. The average molecular weight is 486 g/mol. The van der Waals surface area contributed by atoms with Crippen molar-refractivity contribution in [1.82, 2.24) is 4.98 Å². The second-order valence-corrected chi connectivity index (χ2v) is 9.05. The Balaban J connectivity index is 1.46. The Labute approximate surface area is 186 Å². The SMILES string of the molecule is COc1ccc(C(=O)Nc2nc3c(s2)CCC3C(=O)Nc2ccc(Br)cc2C)cc1. The van der Waals surface area contributed by atoms with Crippen molar-refractivity contribution in [3.05, 3.63) is 68.6 Å². The molecule has 30 heavy (non-hydrogen) atoms. The lowest BCUT2D eigenvalue weighted by atomic mass is 10.1. The van der Waals surface area contributed by atoms with E-state index in [1.807, 2.05) is 25.1 Å². The zero-order valence-corrected chi connectivity index (χ0v) is 18.9. The van der Waals surface area contributed by atoms with Crippen LogP contribution in [-0.2, 0) is 11.2 Å². The molecule has 1 aliphatic rings. The average Bonchev–Trinajstić information content (AvgIpc) is 3.30. The molecule has 0 radical (unpaired) electrons. The predicted molar refractivity (Wildman–Crippen MR) is 122 cm³/mol. The Hall–Kier alpha value is -2.71. The number of carbonyl (C=O) groups excluding carboxylic acids is 2. The quantitative estimate of drug-likeness (QED) is 0.523. The van der Waals surface area contributed by atoms with Crippen molar-refractivity contribution >= 4 is 49.9 Å². The van der Waals surface area contributed by atoms with E-state index in [1.54, 1.807) is 31.4 Å². The molecule has 1 atom stereocenters. The summed E-state index contributed by atoms with van der Waals surface area (Å²) in [6, 6.07) is 12.6. The number of methoxy groups -OCH3 is 1. The van der Waals surface area contributed by atoms with Gasteiger partial charge in [-0.05, 0) is 67.8 Å². The number of thiazole rings is 1. The maximum Gasteiger partial charge on any atom is 0.257 e. The van der Waals surface area contributed by atoms with Crippen LogP contribution in [0.2, 0.25) is 0 Å². The molecule has 0 fully saturated rings. The molecule has 2 N–H and O–H groups in total. The smallest absolute Gasteiger partial charge is 0.257 e. The lowest BCUT2D eigenvalue weighted by molar-refractivity contribution is -0.117. The minimum absolute atomic E-state index is 0.0718. The van der Waals surface area contributed by atoms with Gasteiger partial charge < -0.3 is 10.1 Å². The van der Waals surface area contributed by atoms with Crippen LogP contribution in [0.15, 0.2) is 46.9 Å². The van der Waals surface area contributed by atoms with Crippen LogP contribution in [0.3, 0.4) is 0 Å². The van der Waals surface area contributed by atoms with Crippen LogP contribution in [0.25, 0.3) is 0 Å². The van der Waals surface area contributed by atoms with Gasteiger partial charge in [0.1, 0.15) is 5.75 Å². The third-order valence-corrected chi connectivity index (χ3v) is 6.59. The Bertz CT molecular complexity index is 1110. The molecule has 4 rings (SSSR count). The summed E-state index contributed by atoms with van der Waals surface area (Å²) in [5, 5.41) is 6.37. The molecule has 0 saturated carbocycles. The lowest BCUT2D eigenvalue weighted by Crippen LogP contribution is -2.20. The highest BCUT2D eigenvalue weighted by molar-refractivity contribution is 9.10. The van der Waals surface area contributed by atoms with Gasteiger partial charge in [0.15, 0.2) is 5.13 Å². The summed E-state index contributed by atoms with van der Waals surface area (Å²) in [4.78, 5) is 31.0. The van der Waals surface area contributed by atoms with Crippen molar-refractivity contribution in [3.63, 3.8) is 0 Å². The molecule has 2 aromatic carbocycles. The van der Waals surface area contributed by atoms with Crippen LogP contribution in [0, 0.1) is 6.92 Å². The number of fused-ring (bicyclic) bond motifs is 1. The number of hydrogen-bond acceptors (Lipinski definition) is 5. The Morgan fingerprint density at radius 2 is 1.93 bits per heavy atom. The van der Waals surface area contributed by atoms with Crippen molar-refractivity contribution < 1.29 is 14.3 Å². The van der Waals surface area contributed by atoms with E-state index in [1.165, 1.54) is 11.3 Å². The number of benzene rings is 2. The monoisotopic (exact) mass is 485 g/mol. The van der Waals surface area contributed by atoms with Crippen LogP contribution in [-0.4, -0.2) is 23.9 Å². The van der Waals surface area contributed by atoms with Gasteiger partial charge in [-0.3, -0.25) is 14.9 Å². The number of hydrogen-bond donors (Lipinski definition) is 2. The number of nitrogens with one attached hydrogen (secondary N) is 2. The van der Waals surface area contributed by atoms with Crippen molar-refractivity contribution in [2.24, 2.45) is 0 Å². The first-order valence-electron chi connectivity index (χ1n) is 9.46. The number of rotatable bonds is 5. The molecule has 6 nitrogen and oxygen atoms in total. The van der Waals surface area contributed by atoms with Gasteiger partial charge in [0.25, 0.3) is 5.91 Å². The van der Waals surface area contributed by atoms with Gasteiger partial charge in [-0.1, -0.05) is 15.9 Å². The summed E-state index contributed by atoms with van der Waals surface area (Å²) in [6.45, 7) is 1.95. The fourth-order valence-electron chi connectivity index (χ4n) is 3.43. The molecule has 3 aromatic rings. The van der Waals surface area contributed by atoms with E-state index in [0.29, 0.717) is 16.4 Å². The van der Waals surface area contributed by atoms with Gasteiger partial charge in [-0.15, -0.1) is 11.3 Å². The normalized spacial score (nSPS) is 14.8. The summed E-state index contributed by atoms with van der Waals surface area (Å²) in [5.41, 5.74) is 3.06. The number of nitrogens with zero attached hydrogens (tertiary/aromatic N) is 1. The third kappa shape index (κ3) is 4.24. The minimum Gasteiger partial charge on any atom is -0.497 e. The maximum absolute atomic E-state index is 12.9. The van der Waals surface area contributed by atoms with E-state index in [-0.39, 0.29) is 17.7 Å². The largest absolute Gasteiger partial charge is 0.497 e. The molecular formula is C22H20BrN3O3S. The number of amides is 2. The van der Waals surface area contributed by atoms with Crippen LogP contribution in [0.1, 0.15) is 38.8 Å². The molecule has 0 spiro atoms. The van der Waals surface area contributed by atoms with E-state index in [2.05, 4.69) is 31.5 Å². The topological polar surface area (TPSA) is 80.3 Å². The van der Waals surface area contributed by atoms with Crippen LogP contribution < -0.4 is 15.4 Å². The number of halogens is 1. The standard InChI is InChI=1S/C22H20BrN3O3S/c1-12-11-14(23)5-9-17(12)24-21(28)16-8-10-18-19(16)25-22(30-18)26-20(27)13-3-6-15(29-2)7-4-13/h3-7,9,11,16H,8,10H2,1-2H3,(H,24,28)(H,25,26,27). The minimum atomic E-state index is -0.314. The third-order valence-electron chi connectivity index (χ3n) is 5.05. The second-order valence-electron chi connectivity index (χ2n) is 7.05. The fraction of sp³-hybridized carbons (Fsp3) is 0.227. The number of ether oxygens (including phenoxy) is 1. The second kappa shape index (κ2) is 8.57. The highest BCUT2D eigenvalue weighted by atomic mass is 79.9. The van der Waals surface area contributed by atoms with Gasteiger partial charge in [0, 0.05) is 20.6 Å². The van der Waals surface area contributed by atoms with Crippen LogP contribution >= 0.6 is 27.3 Å². The first-order chi connectivity index (χ1) is 14.4. The molecule has 1 aromatic heterocycles. The van der Waals surface area contributed by atoms with Crippen molar-refractivity contribution in [2.75, 3.05) is 17.7 Å².